The largest absolute Gasteiger partial charge is 0.290 e. The first-order valence-electron chi connectivity index (χ1n) is 6.43. The van der Waals surface area contributed by atoms with Crippen molar-refractivity contribution in [3.05, 3.63) is 70.8 Å². The number of amides is 1. The van der Waals surface area contributed by atoms with Crippen molar-refractivity contribution in [2.75, 3.05) is 0 Å². The molecule has 1 amide bonds. The van der Waals surface area contributed by atoms with E-state index in [1.807, 2.05) is 18.2 Å². The first-order chi connectivity index (χ1) is 9.70. The van der Waals surface area contributed by atoms with Crippen molar-refractivity contribution in [3.8, 4) is 0 Å². The monoisotopic (exact) mass is 286 g/mol. The molecular formula is C16H18N2OS. The fraction of sp³-hybridized carbons (Fsp3) is 0.188. The van der Waals surface area contributed by atoms with E-state index < -0.39 is 0 Å². The number of hydrazine groups is 1. The van der Waals surface area contributed by atoms with Crippen molar-refractivity contribution >= 4 is 17.7 Å². The van der Waals surface area contributed by atoms with Crippen molar-refractivity contribution in [1.29, 1.82) is 0 Å². The molecule has 0 saturated heterocycles. The molecule has 0 aromatic heterocycles. The number of thioether (sulfide) groups is 1. The van der Waals surface area contributed by atoms with E-state index in [9.17, 15) is 4.79 Å². The molecule has 0 fully saturated rings. The van der Waals surface area contributed by atoms with Crippen LogP contribution in [0.2, 0.25) is 0 Å². The summed E-state index contributed by atoms with van der Waals surface area (Å²) in [7, 11) is 0. The molecule has 0 radical (unpaired) electrons. The number of benzene rings is 2. The summed E-state index contributed by atoms with van der Waals surface area (Å²) < 4.78 is 0. The van der Waals surface area contributed by atoms with E-state index in [1.165, 1.54) is 11.1 Å². The van der Waals surface area contributed by atoms with Crippen LogP contribution in [0.3, 0.4) is 0 Å². The van der Waals surface area contributed by atoms with Gasteiger partial charge in [0, 0.05) is 17.1 Å². The predicted molar refractivity (Wildman–Crippen MR) is 84.3 cm³/mol. The molecule has 2 rings (SSSR count). The van der Waals surface area contributed by atoms with Crippen molar-refractivity contribution in [2.24, 2.45) is 5.84 Å². The van der Waals surface area contributed by atoms with Gasteiger partial charge in [-0.1, -0.05) is 48.0 Å². The fourth-order valence-electron chi connectivity index (χ4n) is 2.03. The molecule has 0 spiro atoms. The predicted octanol–water partition coefficient (Wildman–Crippen LogP) is 3.03. The molecule has 0 bridgehead atoms. The lowest BCUT2D eigenvalue weighted by molar-refractivity contribution is 0.0953. The van der Waals surface area contributed by atoms with Crippen molar-refractivity contribution < 1.29 is 4.79 Å². The Hall–Kier alpha value is -1.78. The number of nitrogens with one attached hydrogen (secondary N) is 1. The van der Waals surface area contributed by atoms with Gasteiger partial charge in [0.1, 0.15) is 0 Å². The van der Waals surface area contributed by atoms with Gasteiger partial charge in [0.2, 0.25) is 0 Å². The van der Waals surface area contributed by atoms with Crippen LogP contribution >= 0.6 is 11.8 Å². The Labute approximate surface area is 123 Å². The van der Waals surface area contributed by atoms with Gasteiger partial charge in [-0.3, -0.25) is 10.2 Å². The normalized spacial score (nSPS) is 10.3. The lowest BCUT2D eigenvalue weighted by atomic mass is 10.1. The third-order valence-corrected chi connectivity index (χ3v) is 4.05. The highest BCUT2D eigenvalue weighted by Gasteiger charge is 2.09. The maximum Gasteiger partial charge on any atom is 0.265 e. The Morgan fingerprint density at radius 2 is 1.95 bits per heavy atom. The maximum absolute atomic E-state index is 11.7. The molecule has 4 heteroatoms. The Morgan fingerprint density at radius 1 is 1.15 bits per heavy atom. The second-order valence-corrected chi connectivity index (χ2v) is 5.60. The highest BCUT2D eigenvalue weighted by molar-refractivity contribution is 7.97. The minimum absolute atomic E-state index is 0.239. The van der Waals surface area contributed by atoms with Gasteiger partial charge >= 0.3 is 0 Å². The van der Waals surface area contributed by atoms with E-state index in [4.69, 9.17) is 5.84 Å². The van der Waals surface area contributed by atoms with Gasteiger partial charge in [-0.25, -0.2) is 5.84 Å². The van der Waals surface area contributed by atoms with Crippen LogP contribution in [0.15, 0.2) is 48.5 Å². The first kappa shape index (κ1) is 14.6. The summed E-state index contributed by atoms with van der Waals surface area (Å²) in [6.07, 6.45) is 0. The van der Waals surface area contributed by atoms with Gasteiger partial charge in [-0.2, -0.15) is 11.8 Å². The van der Waals surface area contributed by atoms with E-state index in [1.54, 1.807) is 17.8 Å². The Bertz CT molecular complexity index is 599. The lowest BCUT2D eigenvalue weighted by Gasteiger charge is -2.08. The molecule has 0 aliphatic carbocycles. The zero-order valence-electron chi connectivity index (χ0n) is 11.4. The summed E-state index contributed by atoms with van der Waals surface area (Å²) in [4.78, 5) is 11.7. The standard InChI is InChI=1S/C16H18N2OS/c1-12-5-4-6-13(9-12)10-20-11-14-7-2-3-8-15(14)16(19)18-17/h2-9H,10-11,17H2,1H3,(H,18,19). The molecule has 0 saturated carbocycles. The maximum atomic E-state index is 11.7. The summed E-state index contributed by atoms with van der Waals surface area (Å²) in [6.45, 7) is 2.09. The number of carbonyl (C=O) groups is 1. The van der Waals surface area contributed by atoms with Crippen LogP contribution in [0.1, 0.15) is 27.0 Å². The smallest absolute Gasteiger partial charge is 0.265 e. The highest BCUT2D eigenvalue weighted by Crippen LogP contribution is 2.20. The summed E-state index contributed by atoms with van der Waals surface area (Å²) in [5, 5.41) is 0. The number of rotatable bonds is 5. The van der Waals surface area contributed by atoms with E-state index in [2.05, 4.69) is 36.6 Å². The number of nitrogens with two attached hydrogens (primary N) is 1. The molecule has 104 valence electrons. The van der Waals surface area contributed by atoms with Crippen molar-refractivity contribution in [2.45, 2.75) is 18.4 Å². The number of carbonyl (C=O) groups excluding carboxylic acids is 1. The van der Waals surface area contributed by atoms with Gasteiger partial charge in [-0.05, 0) is 24.1 Å². The second-order valence-electron chi connectivity index (χ2n) is 4.61. The van der Waals surface area contributed by atoms with Crippen LogP contribution in [0, 0.1) is 6.92 Å². The Morgan fingerprint density at radius 3 is 2.70 bits per heavy atom. The number of hydrogen-bond acceptors (Lipinski definition) is 3. The van der Waals surface area contributed by atoms with Crippen LogP contribution in [0.5, 0.6) is 0 Å². The zero-order chi connectivity index (χ0) is 14.4. The van der Waals surface area contributed by atoms with Crippen LogP contribution in [-0.2, 0) is 11.5 Å². The van der Waals surface area contributed by atoms with Crippen LogP contribution < -0.4 is 11.3 Å². The molecule has 0 atom stereocenters. The van der Waals surface area contributed by atoms with E-state index >= 15 is 0 Å². The van der Waals surface area contributed by atoms with Gasteiger partial charge in [-0.15, -0.1) is 0 Å². The minimum Gasteiger partial charge on any atom is -0.290 e. The van der Waals surface area contributed by atoms with E-state index in [-0.39, 0.29) is 5.91 Å². The van der Waals surface area contributed by atoms with Crippen molar-refractivity contribution in [1.82, 2.24) is 5.43 Å². The summed E-state index contributed by atoms with van der Waals surface area (Å²) >= 11 is 1.79. The summed E-state index contributed by atoms with van der Waals surface area (Å²) in [5.41, 5.74) is 6.41. The molecule has 0 aliphatic rings. The average Bonchev–Trinajstić information content (AvgIpc) is 2.47. The average molecular weight is 286 g/mol. The molecule has 0 aliphatic heterocycles. The van der Waals surface area contributed by atoms with Gasteiger partial charge in [0.15, 0.2) is 0 Å². The minimum atomic E-state index is -0.239. The molecule has 2 aromatic carbocycles. The number of aryl methyl sites for hydroxylation is 1. The quantitative estimate of drug-likeness (QED) is 0.504. The Balaban J connectivity index is 1.99. The lowest BCUT2D eigenvalue weighted by Crippen LogP contribution is -2.30. The van der Waals surface area contributed by atoms with Crippen molar-refractivity contribution in [3.63, 3.8) is 0 Å². The third kappa shape index (κ3) is 3.85. The van der Waals surface area contributed by atoms with Gasteiger partial charge < -0.3 is 0 Å². The molecule has 20 heavy (non-hydrogen) atoms. The molecule has 3 nitrogen and oxygen atoms in total. The van der Waals surface area contributed by atoms with Crippen LogP contribution in [0.4, 0.5) is 0 Å². The summed E-state index contributed by atoms with van der Waals surface area (Å²) in [6, 6.07) is 16.0. The van der Waals surface area contributed by atoms with Gasteiger partial charge in [0.05, 0.1) is 0 Å². The zero-order valence-corrected chi connectivity index (χ0v) is 12.2. The SMILES string of the molecule is Cc1cccc(CSCc2ccccc2C(=O)NN)c1. The molecule has 3 N–H and O–H groups in total. The third-order valence-electron chi connectivity index (χ3n) is 3.00. The number of hydrogen-bond donors (Lipinski definition) is 2. The highest BCUT2D eigenvalue weighted by atomic mass is 32.2. The first-order valence-corrected chi connectivity index (χ1v) is 7.58. The molecule has 0 heterocycles. The Kier molecular flexibility index (Phi) is 5.21. The number of nitrogen functional groups attached to an aromatic ring is 1. The van der Waals surface area contributed by atoms with E-state index in [0.717, 1.165) is 17.1 Å². The van der Waals surface area contributed by atoms with E-state index in [0.29, 0.717) is 5.56 Å². The molecular weight excluding hydrogens is 268 g/mol. The second kappa shape index (κ2) is 7.12. The van der Waals surface area contributed by atoms with Crippen LogP contribution in [-0.4, -0.2) is 5.91 Å². The molecule has 2 aromatic rings. The van der Waals surface area contributed by atoms with Crippen LogP contribution in [0.25, 0.3) is 0 Å². The topological polar surface area (TPSA) is 55.1 Å². The summed E-state index contributed by atoms with van der Waals surface area (Å²) in [5.74, 6) is 6.68. The molecule has 0 unspecified atom stereocenters. The fourth-order valence-corrected chi connectivity index (χ4v) is 3.02. The van der Waals surface area contributed by atoms with Gasteiger partial charge in [0.25, 0.3) is 5.91 Å².